The molecule has 2 aromatic carbocycles. The Hall–Kier alpha value is -4.20. The minimum Gasteiger partial charge on any atom is -0.482 e. The van der Waals surface area contributed by atoms with Gasteiger partial charge in [0.05, 0.1) is 12.8 Å². The number of hydrogen-bond acceptors (Lipinski definition) is 6. The molecule has 170 valence electrons. The quantitative estimate of drug-likeness (QED) is 0.302. The Labute approximate surface area is 191 Å². The topological polar surface area (TPSA) is 102 Å². The number of barbiturate groups is 1. The lowest BCUT2D eigenvalue weighted by atomic mass is 10.0. The van der Waals surface area contributed by atoms with Crippen LogP contribution in [0.2, 0.25) is 0 Å². The van der Waals surface area contributed by atoms with Gasteiger partial charge in [0.1, 0.15) is 11.3 Å². The van der Waals surface area contributed by atoms with Crippen LogP contribution in [0.5, 0.6) is 5.75 Å². The van der Waals surface area contributed by atoms with Gasteiger partial charge in [0.2, 0.25) is 0 Å². The molecule has 1 aliphatic heterocycles. The van der Waals surface area contributed by atoms with E-state index in [4.69, 9.17) is 4.74 Å². The van der Waals surface area contributed by atoms with Crippen molar-refractivity contribution in [1.82, 2.24) is 5.32 Å². The fourth-order valence-electron chi connectivity index (χ4n) is 3.48. The molecule has 0 unspecified atom stereocenters. The first-order valence-corrected chi connectivity index (χ1v) is 10.2. The first kappa shape index (κ1) is 23.5. The molecular formula is C25H24N2O6. The van der Waals surface area contributed by atoms with Crippen LogP contribution in [0.1, 0.15) is 22.3 Å². The number of anilines is 1. The second-order valence-corrected chi connectivity index (χ2v) is 7.53. The van der Waals surface area contributed by atoms with Gasteiger partial charge >= 0.3 is 12.0 Å². The highest BCUT2D eigenvalue weighted by Gasteiger charge is 2.37. The minimum atomic E-state index is -0.800. The van der Waals surface area contributed by atoms with Gasteiger partial charge in [0, 0.05) is 0 Å². The largest absolute Gasteiger partial charge is 0.482 e. The van der Waals surface area contributed by atoms with Crippen LogP contribution in [-0.4, -0.2) is 37.5 Å². The number of amides is 4. The number of benzene rings is 2. The number of esters is 1. The van der Waals surface area contributed by atoms with E-state index in [1.165, 1.54) is 13.2 Å². The Morgan fingerprint density at radius 3 is 2.42 bits per heavy atom. The lowest BCUT2D eigenvalue weighted by Crippen LogP contribution is -2.54. The third-order valence-electron chi connectivity index (χ3n) is 4.90. The second-order valence-electron chi connectivity index (χ2n) is 7.53. The summed E-state index contributed by atoms with van der Waals surface area (Å²) in [7, 11) is 1.27. The maximum atomic E-state index is 13.1. The average molecular weight is 448 g/mol. The Morgan fingerprint density at radius 2 is 1.79 bits per heavy atom. The van der Waals surface area contributed by atoms with E-state index in [9.17, 15) is 19.2 Å². The molecular weight excluding hydrogens is 424 g/mol. The van der Waals surface area contributed by atoms with Gasteiger partial charge in [-0.3, -0.25) is 14.9 Å². The molecule has 0 aliphatic carbocycles. The molecule has 1 saturated heterocycles. The smallest absolute Gasteiger partial charge is 0.343 e. The standard InChI is InChI=1S/C25H24N2O6/c1-5-6-18-12-17(7-8-21(18)33-14-22(28)32-4)13-20-23(29)26-25(31)27(24(20)30)19-10-15(2)9-16(3)11-19/h5,7-13H,1,6,14H2,2-4H3,(H,26,29,31)/b20-13+. The van der Waals surface area contributed by atoms with E-state index < -0.39 is 23.8 Å². The number of carbonyl (C=O) groups is 4. The fraction of sp³-hybridized carbons (Fsp3) is 0.200. The summed E-state index contributed by atoms with van der Waals surface area (Å²) in [5, 5.41) is 2.22. The number of methoxy groups -OCH3 is 1. The molecule has 4 amide bonds. The lowest BCUT2D eigenvalue weighted by molar-refractivity contribution is -0.143. The number of nitrogens with zero attached hydrogens (tertiary/aromatic N) is 1. The van der Waals surface area contributed by atoms with Gasteiger partial charge in [-0.25, -0.2) is 14.5 Å². The zero-order chi connectivity index (χ0) is 24.1. The van der Waals surface area contributed by atoms with Crippen molar-refractivity contribution in [2.45, 2.75) is 20.3 Å². The molecule has 3 rings (SSSR count). The molecule has 0 aromatic heterocycles. The molecule has 0 spiro atoms. The SMILES string of the molecule is C=CCc1cc(/C=C2\C(=O)NC(=O)N(c3cc(C)cc(C)c3)C2=O)ccc1OCC(=O)OC. The number of aryl methyl sites for hydroxylation is 2. The highest BCUT2D eigenvalue weighted by molar-refractivity contribution is 6.39. The van der Waals surface area contributed by atoms with E-state index in [2.05, 4.69) is 16.6 Å². The van der Waals surface area contributed by atoms with Crippen molar-refractivity contribution in [2.75, 3.05) is 18.6 Å². The van der Waals surface area contributed by atoms with Gasteiger partial charge in [0.25, 0.3) is 11.8 Å². The first-order valence-electron chi connectivity index (χ1n) is 10.2. The summed E-state index contributed by atoms with van der Waals surface area (Å²) < 4.78 is 10.1. The van der Waals surface area contributed by atoms with E-state index in [1.807, 2.05) is 19.9 Å². The number of imide groups is 2. The van der Waals surface area contributed by atoms with Gasteiger partial charge in [-0.1, -0.05) is 18.2 Å². The average Bonchev–Trinajstić information content (AvgIpc) is 2.75. The van der Waals surface area contributed by atoms with E-state index in [1.54, 1.807) is 36.4 Å². The molecule has 8 heteroatoms. The van der Waals surface area contributed by atoms with Crippen LogP contribution in [-0.2, 0) is 25.5 Å². The fourth-order valence-corrected chi connectivity index (χ4v) is 3.48. The van der Waals surface area contributed by atoms with Crippen molar-refractivity contribution >= 4 is 35.6 Å². The van der Waals surface area contributed by atoms with Crippen molar-refractivity contribution in [2.24, 2.45) is 0 Å². The van der Waals surface area contributed by atoms with Crippen LogP contribution in [0.15, 0.2) is 54.6 Å². The van der Waals surface area contributed by atoms with Crippen LogP contribution in [0.4, 0.5) is 10.5 Å². The number of allylic oxidation sites excluding steroid dienone is 1. The molecule has 0 bridgehead atoms. The molecule has 0 saturated carbocycles. The van der Waals surface area contributed by atoms with Crippen LogP contribution in [0, 0.1) is 13.8 Å². The maximum absolute atomic E-state index is 13.1. The lowest BCUT2D eigenvalue weighted by Gasteiger charge is -2.27. The Bertz CT molecular complexity index is 1160. The summed E-state index contributed by atoms with van der Waals surface area (Å²) in [5.74, 6) is -1.56. The number of nitrogens with one attached hydrogen (secondary N) is 1. The van der Waals surface area contributed by atoms with Gasteiger partial charge in [-0.15, -0.1) is 6.58 Å². The van der Waals surface area contributed by atoms with Crippen molar-refractivity contribution < 1.29 is 28.7 Å². The summed E-state index contributed by atoms with van der Waals surface area (Å²) in [6.07, 6.45) is 3.51. The van der Waals surface area contributed by atoms with Crippen LogP contribution in [0.25, 0.3) is 6.08 Å². The molecule has 0 radical (unpaired) electrons. The third kappa shape index (κ3) is 5.35. The van der Waals surface area contributed by atoms with Gasteiger partial charge < -0.3 is 9.47 Å². The molecule has 1 fully saturated rings. The molecule has 1 heterocycles. The monoisotopic (exact) mass is 448 g/mol. The van der Waals surface area contributed by atoms with Crippen molar-refractivity contribution in [3.8, 4) is 5.75 Å². The predicted molar refractivity (Wildman–Crippen MR) is 123 cm³/mol. The number of carbonyl (C=O) groups excluding carboxylic acids is 4. The van der Waals surface area contributed by atoms with Crippen molar-refractivity contribution in [3.63, 3.8) is 0 Å². The van der Waals surface area contributed by atoms with Crippen molar-refractivity contribution in [3.05, 3.63) is 76.9 Å². The normalized spacial score (nSPS) is 14.8. The van der Waals surface area contributed by atoms with Crippen LogP contribution < -0.4 is 15.0 Å². The summed E-state index contributed by atoms with van der Waals surface area (Å²) >= 11 is 0. The Kier molecular flexibility index (Phi) is 7.07. The third-order valence-corrected chi connectivity index (χ3v) is 4.90. The number of rotatable bonds is 7. The van der Waals surface area contributed by atoms with Gasteiger partial charge in [-0.05, 0) is 72.9 Å². The van der Waals surface area contributed by atoms with E-state index in [-0.39, 0.29) is 12.2 Å². The molecule has 8 nitrogen and oxygen atoms in total. The summed E-state index contributed by atoms with van der Waals surface area (Å²) in [5.41, 5.74) is 3.21. The number of ether oxygens (including phenoxy) is 2. The van der Waals surface area contributed by atoms with E-state index >= 15 is 0 Å². The Balaban J connectivity index is 1.96. The van der Waals surface area contributed by atoms with Gasteiger partial charge in [0.15, 0.2) is 6.61 Å². The van der Waals surface area contributed by atoms with Gasteiger partial charge in [-0.2, -0.15) is 0 Å². The van der Waals surface area contributed by atoms with Crippen LogP contribution >= 0.6 is 0 Å². The number of urea groups is 1. The maximum Gasteiger partial charge on any atom is 0.343 e. The highest BCUT2D eigenvalue weighted by atomic mass is 16.6. The molecule has 0 atom stereocenters. The first-order chi connectivity index (χ1) is 15.7. The molecule has 2 aromatic rings. The molecule has 1 aliphatic rings. The molecule has 33 heavy (non-hydrogen) atoms. The summed E-state index contributed by atoms with van der Waals surface area (Å²) in [4.78, 5) is 50.4. The molecule has 1 N–H and O–H groups in total. The van der Waals surface area contributed by atoms with Crippen LogP contribution in [0.3, 0.4) is 0 Å². The zero-order valence-electron chi connectivity index (χ0n) is 18.6. The highest BCUT2D eigenvalue weighted by Crippen LogP contribution is 2.26. The zero-order valence-corrected chi connectivity index (χ0v) is 18.6. The Morgan fingerprint density at radius 1 is 1.09 bits per heavy atom. The predicted octanol–water partition coefficient (Wildman–Crippen LogP) is 3.25. The summed E-state index contributed by atoms with van der Waals surface area (Å²) in [6.45, 7) is 7.18. The number of hydrogen-bond donors (Lipinski definition) is 1. The minimum absolute atomic E-state index is 0.179. The van der Waals surface area contributed by atoms with E-state index in [0.717, 1.165) is 16.0 Å². The van der Waals surface area contributed by atoms with E-state index in [0.29, 0.717) is 29.0 Å². The van der Waals surface area contributed by atoms with Crippen molar-refractivity contribution in [1.29, 1.82) is 0 Å². The second kappa shape index (κ2) is 9.95. The summed E-state index contributed by atoms with van der Waals surface area (Å²) in [6, 6.07) is 9.52.